The van der Waals surface area contributed by atoms with Gasteiger partial charge in [-0.2, -0.15) is 0 Å². The van der Waals surface area contributed by atoms with Crippen LogP contribution in [-0.4, -0.2) is 24.3 Å². The average molecular weight is 252 g/mol. The highest BCUT2D eigenvalue weighted by Gasteiger charge is 2.36. The van der Waals surface area contributed by atoms with E-state index in [1.54, 1.807) is 0 Å². The first kappa shape index (κ1) is 13.6. The van der Waals surface area contributed by atoms with Crippen molar-refractivity contribution in [1.82, 2.24) is 0 Å². The number of carbonyl (C=O) groups is 1. The van der Waals surface area contributed by atoms with Crippen LogP contribution in [0.5, 0.6) is 0 Å². The summed E-state index contributed by atoms with van der Waals surface area (Å²) in [5.74, 6) is -0.106. The van der Waals surface area contributed by atoms with E-state index in [1.807, 2.05) is 0 Å². The highest BCUT2D eigenvalue weighted by Crippen LogP contribution is 2.27. The molecule has 0 aromatic carbocycles. The van der Waals surface area contributed by atoms with E-state index in [4.69, 9.17) is 9.47 Å². The zero-order valence-electron chi connectivity index (χ0n) is 11.3. The van der Waals surface area contributed by atoms with Crippen molar-refractivity contribution in [3.63, 3.8) is 0 Å². The summed E-state index contributed by atoms with van der Waals surface area (Å²) in [6, 6.07) is 0. The van der Waals surface area contributed by atoms with Crippen LogP contribution < -0.4 is 0 Å². The van der Waals surface area contributed by atoms with Crippen LogP contribution in [-0.2, 0) is 14.3 Å². The third kappa shape index (κ3) is 3.84. The maximum atomic E-state index is 11.3. The summed E-state index contributed by atoms with van der Waals surface area (Å²) < 4.78 is 11.3. The van der Waals surface area contributed by atoms with E-state index >= 15 is 0 Å². The number of rotatable bonds is 5. The van der Waals surface area contributed by atoms with Gasteiger partial charge >= 0.3 is 5.97 Å². The topological polar surface area (TPSA) is 35.5 Å². The molecule has 0 spiro atoms. The van der Waals surface area contributed by atoms with E-state index in [2.05, 4.69) is 19.1 Å². The lowest BCUT2D eigenvalue weighted by Crippen LogP contribution is -2.30. The van der Waals surface area contributed by atoms with E-state index in [1.165, 1.54) is 25.7 Å². The number of fused-ring (bicyclic) bond motifs is 1. The van der Waals surface area contributed by atoms with Crippen molar-refractivity contribution in [2.24, 2.45) is 0 Å². The molecule has 0 bridgehead atoms. The molecule has 18 heavy (non-hydrogen) atoms. The molecule has 2 unspecified atom stereocenters. The molecular formula is C15H24O3. The van der Waals surface area contributed by atoms with Gasteiger partial charge in [0, 0.05) is 6.42 Å². The normalized spacial score (nSPS) is 33.4. The molecule has 0 amide bonds. The molecule has 2 heterocycles. The van der Waals surface area contributed by atoms with Crippen LogP contribution in [0.3, 0.4) is 0 Å². The standard InChI is InChI=1S/C15H24O3/c1-2-3-4-5-8-12-9-6-7-10-13-14(17-12)11-15(16)18-13/h6-7,12-14H,2-5,8-11H2,1H3/b7-6-/t12-,13?,14?/m1/s1. The number of unbranched alkanes of at least 4 members (excludes halogenated alkanes) is 3. The first-order valence-corrected chi connectivity index (χ1v) is 7.29. The van der Waals surface area contributed by atoms with E-state index in [9.17, 15) is 4.79 Å². The maximum absolute atomic E-state index is 11.3. The second-order valence-electron chi connectivity index (χ2n) is 5.32. The Bertz CT molecular complexity index is 298. The minimum atomic E-state index is -0.106. The van der Waals surface area contributed by atoms with Crippen molar-refractivity contribution >= 4 is 5.97 Å². The van der Waals surface area contributed by atoms with Gasteiger partial charge in [-0.05, 0) is 12.8 Å². The van der Waals surface area contributed by atoms with Crippen molar-refractivity contribution in [3.05, 3.63) is 12.2 Å². The molecule has 3 heteroatoms. The van der Waals surface area contributed by atoms with Crippen LogP contribution in [0.25, 0.3) is 0 Å². The van der Waals surface area contributed by atoms with Gasteiger partial charge in [0.2, 0.25) is 0 Å². The number of carbonyl (C=O) groups excluding carboxylic acids is 1. The Balaban J connectivity index is 1.81. The maximum Gasteiger partial charge on any atom is 0.308 e. The Morgan fingerprint density at radius 1 is 1.17 bits per heavy atom. The monoisotopic (exact) mass is 252 g/mol. The van der Waals surface area contributed by atoms with Gasteiger partial charge in [0.25, 0.3) is 0 Å². The Kier molecular flexibility index (Phi) is 5.24. The van der Waals surface area contributed by atoms with Gasteiger partial charge in [-0.15, -0.1) is 0 Å². The molecular weight excluding hydrogens is 228 g/mol. The Labute approximate surface area is 110 Å². The zero-order valence-corrected chi connectivity index (χ0v) is 11.3. The largest absolute Gasteiger partial charge is 0.459 e. The van der Waals surface area contributed by atoms with Crippen molar-refractivity contribution in [3.8, 4) is 0 Å². The fourth-order valence-electron chi connectivity index (χ4n) is 2.69. The average Bonchev–Trinajstić information content (AvgIpc) is 2.66. The summed E-state index contributed by atoms with van der Waals surface area (Å²) in [7, 11) is 0. The molecule has 1 saturated heterocycles. The molecule has 102 valence electrons. The van der Waals surface area contributed by atoms with Crippen LogP contribution in [0.2, 0.25) is 0 Å². The van der Waals surface area contributed by atoms with Gasteiger partial charge in [0.05, 0.1) is 12.5 Å². The van der Waals surface area contributed by atoms with Crippen molar-refractivity contribution in [1.29, 1.82) is 0 Å². The first-order chi connectivity index (χ1) is 8.79. The summed E-state index contributed by atoms with van der Waals surface area (Å²) >= 11 is 0. The van der Waals surface area contributed by atoms with Crippen LogP contribution in [0.1, 0.15) is 58.3 Å². The van der Waals surface area contributed by atoms with Gasteiger partial charge in [-0.3, -0.25) is 4.79 Å². The number of esters is 1. The summed E-state index contributed by atoms with van der Waals surface area (Å²) in [6.07, 6.45) is 12.9. The fourth-order valence-corrected chi connectivity index (χ4v) is 2.69. The van der Waals surface area contributed by atoms with E-state index in [-0.39, 0.29) is 24.3 Å². The SMILES string of the molecule is CCCCCC[C@@H]1C/C=C\CC2OC(=O)CC2O1. The van der Waals surface area contributed by atoms with E-state index < -0.39 is 0 Å². The molecule has 2 aliphatic rings. The molecule has 0 radical (unpaired) electrons. The van der Waals surface area contributed by atoms with Crippen LogP contribution in [0.4, 0.5) is 0 Å². The molecule has 1 fully saturated rings. The minimum absolute atomic E-state index is 0.0152. The predicted molar refractivity (Wildman–Crippen MR) is 70.3 cm³/mol. The number of ether oxygens (including phenoxy) is 2. The molecule has 0 N–H and O–H groups in total. The third-order valence-electron chi connectivity index (χ3n) is 3.75. The molecule has 3 atom stereocenters. The highest BCUT2D eigenvalue weighted by molar-refractivity contribution is 5.72. The lowest BCUT2D eigenvalue weighted by Gasteiger charge is -2.25. The minimum Gasteiger partial charge on any atom is -0.459 e. The van der Waals surface area contributed by atoms with Gasteiger partial charge in [0.1, 0.15) is 12.2 Å². The summed E-state index contributed by atoms with van der Waals surface area (Å²) in [6.45, 7) is 2.22. The summed E-state index contributed by atoms with van der Waals surface area (Å²) in [4.78, 5) is 11.3. The second-order valence-corrected chi connectivity index (χ2v) is 5.32. The Morgan fingerprint density at radius 2 is 2.00 bits per heavy atom. The van der Waals surface area contributed by atoms with Crippen LogP contribution >= 0.6 is 0 Å². The summed E-state index contributed by atoms with van der Waals surface area (Å²) in [5.41, 5.74) is 0. The molecule has 3 nitrogen and oxygen atoms in total. The highest BCUT2D eigenvalue weighted by atomic mass is 16.6. The molecule has 0 aromatic rings. The van der Waals surface area contributed by atoms with Gasteiger partial charge in [0.15, 0.2) is 0 Å². The number of hydrogen-bond acceptors (Lipinski definition) is 3. The van der Waals surface area contributed by atoms with Crippen LogP contribution in [0, 0.1) is 0 Å². The number of hydrogen-bond donors (Lipinski definition) is 0. The Morgan fingerprint density at radius 3 is 2.83 bits per heavy atom. The predicted octanol–water partition coefficient (Wildman–Crippen LogP) is 3.38. The van der Waals surface area contributed by atoms with E-state index in [0.29, 0.717) is 6.42 Å². The summed E-state index contributed by atoms with van der Waals surface area (Å²) in [5, 5.41) is 0. The quantitative estimate of drug-likeness (QED) is 0.427. The molecule has 0 aromatic heterocycles. The Hall–Kier alpha value is -0.830. The van der Waals surface area contributed by atoms with Crippen molar-refractivity contribution in [2.75, 3.05) is 0 Å². The lowest BCUT2D eigenvalue weighted by molar-refractivity contribution is -0.142. The van der Waals surface area contributed by atoms with Crippen molar-refractivity contribution < 1.29 is 14.3 Å². The van der Waals surface area contributed by atoms with Gasteiger partial charge < -0.3 is 9.47 Å². The smallest absolute Gasteiger partial charge is 0.308 e. The lowest BCUT2D eigenvalue weighted by atomic mass is 10.0. The third-order valence-corrected chi connectivity index (χ3v) is 3.75. The molecule has 0 saturated carbocycles. The van der Waals surface area contributed by atoms with Gasteiger partial charge in [-0.1, -0.05) is 44.8 Å². The molecule has 2 rings (SSSR count). The second kappa shape index (κ2) is 6.93. The molecule has 0 aliphatic carbocycles. The zero-order chi connectivity index (χ0) is 12.8. The molecule has 2 aliphatic heterocycles. The van der Waals surface area contributed by atoms with Gasteiger partial charge in [-0.25, -0.2) is 0 Å². The first-order valence-electron chi connectivity index (χ1n) is 7.29. The van der Waals surface area contributed by atoms with Crippen LogP contribution in [0.15, 0.2) is 12.2 Å². The van der Waals surface area contributed by atoms with Crippen molar-refractivity contribution in [2.45, 2.75) is 76.6 Å². The fraction of sp³-hybridized carbons (Fsp3) is 0.800. The van der Waals surface area contributed by atoms with E-state index in [0.717, 1.165) is 19.3 Å².